The molecule has 5 rings (SSSR count). The highest BCUT2D eigenvalue weighted by atomic mass is 16.5. The lowest BCUT2D eigenvalue weighted by molar-refractivity contribution is -0.113. The third-order valence-electron chi connectivity index (χ3n) is 7.41. The Hall–Kier alpha value is -3.41. The molecule has 5 nitrogen and oxygen atoms in total. The van der Waals surface area contributed by atoms with Crippen molar-refractivity contribution in [2.24, 2.45) is 0 Å². The normalized spacial score (nSPS) is 15.9. The maximum Gasteiger partial charge on any atom is 0.251 e. The van der Waals surface area contributed by atoms with Gasteiger partial charge in [0, 0.05) is 49.0 Å². The third-order valence-corrected chi connectivity index (χ3v) is 7.41. The highest BCUT2D eigenvalue weighted by Gasteiger charge is 2.19. The molecule has 3 aromatic carbocycles. The highest BCUT2D eigenvalue weighted by Crippen LogP contribution is 2.31. The van der Waals surface area contributed by atoms with Gasteiger partial charge in [0.15, 0.2) is 0 Å². The average molecular weight is 497 g/mol. The van der Waals surface area contributed by atoms with Gasteiger partial charge in [-0.05, 0) is 78.9 Å². The second-order valence-corrected chi connectivity index (χ2v) is 9.98. The molecule has 1 saturated heterocycles. The van der Waals surface area contributed by atoms with Crippen LogP contribution in [0.4, 0.5) is 5.69 Å². The summed E-state index contributed by atoms with van der Waals surface area (Å²) in [4.78, 5) is 15.6. The van der Waals surface area contributed by atoms with Crippen LogP contribution in [0, 0.1) is 0 Å². The average Bonchev–Trinajstić information content (AvgIpc) is 3.17. The number of anilines is 1. The Morgan fingerprint density at radius 1 is 0.919 bits per heavy atom. The number of ether oxygens (including phenoxy) is 2. The maximum absolute atomic E-state index is 13.2. The maximum atomic E-state index is 13.2. The molecule has 2 aliphatic rings. The fourth-order valence-electron chi connectivity index (χ4n) is 5.06. The standard InChI is InChI=1S/C32H36N2O3/c1-3-23-4-8-25(9-5-23)26-10-13-31-28(20-26)21-27(14-19-37-31)32(35)33-29-11-6-24(7-12-29)22-34(2)30-15-17-36-18-16-30/h4-13,20-21,30H,3,14-19,22H2,1-2H3,(H,33,35). The number of carbonyl (C=O) groups excluding carboxylic acids is 1. The second kappa shape index (κ2) is 11.8. The number of nitrogens with zero attached hydrogens (tertiary/aromatic N) is 1. The van der Waals surface area contributed by atoms with Crippen LogP contribution in [0.5, 0.6) is 5.75 Å². The molecule has 0 radical (unpaired) electrons. The van der Waals surface area contributed by atoms with Gasteiger partial charge < -0.3 is 14.8 Å². The van der Waals surface area contributed by atoms with Gasteiger partial charge in [0.25, 0.3) is 5.91 Å². The van der Waals surface area contributed by atoms with Gasteiger partial charge >= 0.3 is 0 Å². The molecule has 1 fully saturated rings. The zero-order valence-corrected chi connectivity index (χ0v) is 21.8. The number of nitrogens with one attached hydrogen (secondary N) is 1. The van der Waals surface area contributed by atoms with E-state index in [2.05, 4.69) is 72.7 Å². The molecule has 1 N–H and O–H groups in total. The zero-order chi connectivity index (χ0) is 25.6. The number of benzene rings is 3. The van der Waals surface area contributed by atoms with E-state index in [0.717, 1.165) is 72.7 Å². The Labute approximate surface area is 220 Å². The van der Waals surface area contributed by atoms with Crippen LogP contribution in [-0.4, -0.2) is 43.7 Å². The smallest absolute Gasteiger partial charge is 0.251 e. The van der Waals surface area contributed by atoms with Crippen LogP contribution in [0.15, 0.2) is 72.3 Å². The topological polar surface area (TPSA) is 50.8 Å². The largest absolute Gasteiger partial charge is 0.493 e. The molecule has 0 aromatic heterocycles. The number of hydrogen-bond acceptors (Lipinski definition) is 4. The van der Waals surface area contributed by atoms with E-state index in [1.165, 1.54) is 11.1 Å². The second-order valence-electron chi connectivity index (χ2n) is 9.98. The van der Waals surface area contributed by atoms with Gasteiger partial charge in [-0.2, -0.15) is 0 Å². The van der Waals surface area contributed by atoms with E-state index in [1.54, 1.807) is 0 Å². The van der Waals surface area contributed by atoms with E-state index in [1.807, 2.05) is 24.3 Å². The SMILES string of the molecule is CCc1ccc(-c2ccc3c(c2)C=C(C(=O)Nc2ccc(CN(C)C4CCOCC4)cc2)CCO3)cc1. The van der Waals surface area contributed by atoms with Gasteiger partial charge in [0.05, 0.1) is 6.61 Å². The van der Waals surface area contributed by atoms with E-state index in [4.69, 9.17) is 9.47 Å². The molecule has 5 heteroatoms. The summed E-state index contributed by atoms with van der Waals surface area (Å²) in [6, 6.07) is 23.6. The van der Waals surface area contributed by atoms with Gasteiger partial charge in [-0.1, -0.05) is 49.4 Å². The lowest BCUT2D eigenvalue weighted by Crippen LogP contribution is -2.36. The number of aryl methyl sites for hydroxylation is 1. The van der Waals surface area contributed by atoms with Crippen LogP contribution in [0.2, 0.25) is 0 Å². The van der Waals surface area contributed by atoms with E-state index in [-0.39, 0.29) is 5.91 Å². The van der Waals surface area contributed by atoms with Crippen LogP contribution in [0.25, 0.3) is 17.2 Å². The van der Waals surface area contributed by atoms with Crippen molar-refractivity contribution < 1.29 is 14.3 Å². The van der Waals surface area contributed by atoms with Gasteiger partial charge in [0.2, 0.25) is 0 Å². The Morgan fingerprint density at radius 2 is 1.62 bits per heavy atom. The molecule has 0 unspecified atom stereocenters. The van der Waals surface area contributed by atoms with Crippen LogP contribution in [-0.2, 0) is 22.5 Å². The number of amides is 1. The number of fused-ring (bicyclic) bond motifs is 1. The quantitative estimate of drug-likeness (QED) is 0.415. The molecule has 2 heterocycles. The summed E-state index contributed by atoms with van der Waals surface area (Å²) in [6.45, 7) is 5.22. The van der Waals surface area contributed by atoms with Crippen LogP contribution < -0.4 is 10.1 Å². The first-order valence-electron chi connectivity index (χ1n) is 13.3. The Kier molecular flexibility index (Phi) is 8.02. The van der Waals surface area contributed by atoms with E-state index >= 15 is 0 Å². The molecule has 0 atom stereocenters. The van der Waals surface area contributed by atoms with Crippen LogP contribution >= 0.6 is 0 Å². The molecule has 1 amide bonds. The van der Waals surface area contributed by atoms with Gasteiger partial charge in [-0.15, -0.1) is 0 Å². The van der Waals surface area contributed by atoms with Crippen LogP contribution in [0.1, 0.15) is 42.9 Å². The molecular weight excluding hydrogens is 460 g/mol. The molecule has 0 aliphatic carbocycles. The van der Waals surface area contributed by atoms with Crippen molar-refractivity contribution in [2.45, 2.75) is 45.2 Å². The van der Waals surface area contributed by atoms with Crippen molar-refractivity contribution in [3.63, 3.8) is 0 Å². The van der Waals surface area contributed by atoms with Gasteiger partial charge in [-0.3, -0.25) is 9.69 Å². The Balaban J connectivity index is 1.26. The summed E-state index contributed by atoms with van der Waals surface area (Å²) in [7, 11) is 2.18. The molecule has 0 saturated carbocycles. The predicted octanol–water partition coefficient (Wildman–Crippen LogP) is 6.33. The minimum absolute atomic E-state index is 0.0822. The van der Waals surface area contributed by atoms with E-state index < -0.39 is 0 Å². The Bertz CT molecular complexity index is 1240. The summed E-state index contributed by atoms with van der Waals surface area (Å²) in [5, 5.41) is 3.08. The fourth-order valence-corrected chi connectivity index (χ4v) is 5.06. The zero-order valence-electron chi connectivity index (χ0n) is 21.8. The van der Waals surface area contributed by atoms with Crippen molar-refractivity contribution >= 4 is 17.7 Å². The van der Waals surface area contributed by atoms with Crippen molar-refractivity contribution in [2.75, 3.05) is 32.2 Å². The monoisotopic (exact) mass is 496 g/mol. The lowest BCUT2D eigenvalue weighted by Gasteiger charge is -2.31. The minimum atomic E-state index is -0.0822. The first kappa shape index (κ1) is 25.2. The summed E-state index contributed by atoms with van der Waals surface area (Å²) in [5.74, 6) is 0.732. The first-order chi connectivity index (χ1) is 18.1. The predicted molar refractivity (Wildman–Crippen MR) is 150 cm³/mol. The van der Waals surface area contributed by atoms with Crippen molar-refractivity contribution in [3.05, 3.63) is 89.0 Å². The van der Waals surface area contributed by atoms with Crippen LogP contribution in [0.3, 0.4) is 0 Å². The molecule has 192 valence electrons. The molecule has 37 heavy (non-hydrogen) atoms. The summed E-state index contributed by atoms with van der Waals surface area (Å²) in [6.07, 6.45) is 5.72. The van der Waals surface area contributed by atoms with Crippen molar-refractivity contribution in [3.8, 4) is 16.9 Å². The summed E-state index contributed by atoms with van der Waals surface area (Å²) in [5.41, 5.74) is 7.29. The highest BCUT2D eigenvalue weighted by molar-refractivity contribution is 6.07. The van der Waals surface area contributed by atoms with Crippen molar-refractivity contribution in [1.29, 1.82) is 0 Å². The molecule has 3 aromatic rings. The molecule has 0 bridgehead atoms. The lowest BCUT2D eigenvalue weighted by atomic mass is 9.99. The number of carbonyl (C=O) groups is 1. The van der Waals surface area contributed by atoms with Gasteiger partial charge in [-0.25, -0.2) is 0 Å². The third kappa shape index (κ3) is 6.30. The molecule has 2 aliphatic heterocycles. The first-order valence-corrected chi connectivity index (χ1v) is 13.3. The number of rotatable bonds is 7. The number of hydrogen-bond donors (Lipinski definition) is 1. The minimum Gasteiger partial charge on any atom is -0.493 e. The van der Waals surface area contributed by atoms with E-state index in [9.17, 15) is 4.79 Å². The molecule has 0 spiro atoms. The summed E-state index contributed by atoms with van der Waals surface area (Å²) < 4.78 is 11.4. The Morgan fingerprint density at radius 3 is 2.35 bits per heavy atom. The van der Waals surface area contributed by atoms with Gasteiger partial charge in [0.1, 0.15) is 5.75 Å². The molecular formula is C32H36N2O3. The van der Waals surface area contributed by atoms with E-state index in [0.29, 0.717) is 19.1 Å². The summed E-state index contributed by atoms with van der Waals surface area (Å²) >= 11 is 0. The van der Waals surface area contributed by atoms with Crippen molar-refractivity contribution in [1.82, 2.24) is 4.90 Å². The fraction of sp³-hybridized carbons (Fsp3) is 0.344.